The smallest absolute Gasteiger partial charge is 0.225 e. The lowest BCUT2D eigenvalue weighted by Crippen LogP contribution is -2.34. The Labute approximate surface area is 114 Å². The number of rotatable bonds is 4. The van der Waals surface area contributed by atoms with E-state index < -0.39 is 0 Å². The predicted octanol–water partition coefficient (Wildman–Crippen LogP) is 1.84. The molecule has 1 aromatic heterocycles. The van der Waals surface area contributed by atoms with Gasteiger partial charge < -0.3 is 10.2 Å². The van der Waals surface area contributed by atoms with Gasteiger partial charge in [0.25, 0.3) is 0 Å². The summed E-state index contributed by atoms with van der Waals surface area (Å²) >= 11 is 2.00. The summed E-state index contributed by atoms with van der Waals surface area (Å²) in [6, 6.07) is 0.489. The van der Waals surface area contributed by atoms with Crippen molar-refractivity contribution in [2.45, 2.75) is 33.4 Å². The lowest BCUT2D eigenvalue weighted by Gasteiger charge is -2.26. The first-order valence-corrected chi connectivity index (χ1v) is 7.71. The third kappa shape index (κ3) is 3.59. The van der Waals surface area contributed by atoms with E-state index in [1.165, 1.54) is 17.1 Å². The van der Waals surface area contributed by atoms with Crippen molar-refractivity contribution in [3.05, 3.63) is 17.5 Å². The maximum Gasteiger partial charge on any atom is 0.225 e. The topological polar surface area (TPSA) is 41.1 Å². The highest BCUT2D eigenvalue weighted by atomic mass is 32.2. The van der Waals surface area contributed by atoms with Gasteiger partial charge in [0, 0.05) is 54.6 Å². The third-order valence-electron chi connectivity index (χ3n) is 3.06. The van der Waals surface area contributed by atoms with Crippen LogP contribution in [0.25, 0.3) is 0 Å². The Morgan fingerprint density at radius 3 is 2.72 bits per heavy atom. The highest BCUT2D eigenvalue weighted by molar-refractivity contribution is 7.99. The van der Waals surface area contributed by atoms with Crippen molar-refractivity contribution in [1.82, 2.24) is 15.3 Å². The second-order valence-corrected chi connectivity index (χ2v) is 6.14. The quantitative estimate of drug-likeness (QED) is 0.900. The first-order chi connectivity index (χ1) is 8.66. The predicted molar refractivity (Wildman–Crippen MR) is 78.3 cm³/mol. The Morgan fingerprint density at radius 2 is 2.11 bits per heavy atom. The molecule has 1 aromatic rings. The lowest BCUT2D eigenvalue weighted by molar-refractivity contribution is 0.584. The Hall–Kier alpha value is -0.810. The molecule has 0 atom stereocenters. The maximum atomic E-state index is 4.64. The molecule has 1 aliphatic heterocycles. The molecule has 2 heterocycles. The molecular formula is C13H22N4S. The van der Waals surface area contributed by atoms with Gasteiger partial charge >= 0.3 is 0 Å². The van der Waals surface area contributed by atoms with Gasteiger partial charge in [-0.15, -0.1) is 0 Å². The molecule has 1 fully saturated rings. The van der Waals surface area contributed by atoms with Gasteiger partial charge in [-0.1, -0.05) is 13.8 Å². The van der Waals surface area contributed by atoms with Crippen LogP contribution in [0.15, 0.2) is 6.20 Å². The van der Waals surface area contributed by atoms with Crippen LogP contribution in [0.4, 0.5) is 5.95 Å². The van der Waals surface area contributed by atoms with E-state index in [1.54, 1.807) is 0 Å². The minimum atomic E-state index is 0.489. The molecule has 1 saturated heterocycles. The molecule has 1 N–H and O–H groups in total. The number of hydrogen-bond acceptors (Lipinski definition) is 5. The molecular weight excluding hydrogens is 244 g/mol. The van der Waals surface area contributed by atoms with Gasteiger partial charge in [0.15, 0.2) is 0 Å². The van der Waals surface area contributed by atoms with Crippen LogP contribution in [-0.2, 0) is 6.54 Å². The van der Waals surface area contributed by atoms with Crippen molar-refractivity contribution in [3.63, 3.8) is 0 Å². The fourth-order valence-electron chi connectivity index (χ4n) is 1.88. The zero-order valence-corrected chi connectivity index (χ0v) is 12.3. The van der Waals surface area contributed by atoms with Gasteiger partial charge in [0.2, 0.25) is 5.95 Å². The Balaban J connectivity index is 2.04. The normalized spacial score (nSPS) is 16.3. The van der Waals surface area contributed by atoms with E-state index in [4.69, 9.17) is 0 Å². The van der Waals surface area contributed by atoms with Crippen molar-refractivity contribution in [2.24, 2.45) is 0 Å². The maximum absolute atomic E-state index is 4.64. The number of hydrogen-bond donors (Lipinski definition) is 1. The number of anilines is 1. The largest absolute Gasteiger partial charge is 0.339 e. The average Bonchev–Trinajstić information content (AvgIpc) is 2.38. The summed E-state index contributed by atoms with van der Waals surface area (Å²) in [5.41, 5.74) is 2.28. The fraction of sp³-hybridized carbons (Fsp3) is 0.692. The Bertz CT molecular complexity index is 389. The summed E-state index contributed by atoms with van der Waals surface area (Å²) in [5, 5.41) is 3.40. The van der Waals surface area contributed by atoms with Crippen LogP contribution in [0.1, 0.15) is 25.1 Å². The van der Waals surface area contributed by atoms with E-state index in [-0.39, 0.29) is 0 Å². The zero-order chi connectivity index (χ0) is 13.0. The molecule has 1 aliphatic rings. The van der Waals surface area contributed by atoms with Crippen molar-refractivity contribution in [2.75, 3.05) is 29.5 Å². The Kier molecular flexibility index (Phi) is 4.83. The van der Waals surface area contributed by atoms with Crippen molar-refractivity contribution in [3.8, 4) is 0 Å². The number of nitrogens with zero attached hydrogens (tertiary/aromatic N) is 3. The SMILES string of the molecule is Cc1nc(N2CCSCC2)ncc1CNC(C)C. The summed E-state index contributed by atoms with van der Waals surface area (Å²) in [6.45, 7) is 9.34. The van der Waals surface area contributed by atoms with Crippen LogP contribution in [0.2, 0.25) is 0 Å². The van der Waals surface area contributed by atoms with Crippen LogP contribution in [0.5, 0.6) is 0 Å². The van der Waals surface area contributed by atoms with E-state index in [0.29, 0.717) is 6.04 Å². The van der Waals surface area contributed by atoms with E-state index in [2.05, 4.69) is 41.0 Å². The van der Waals surface area contributed by atoms with E-state index >= 15 is 0 Å². The van der Waals surface area contributed by atoms with Crippen LogP contribution < -0.4 is 10.2 Å². The standard InChI is InChI=1S/C13H22N4S/c1-10(2)14-8-12-9-15-13(16-11(12)3)17-4-6-18-7-5-17/h9-10,14H,4-8H2,1-3H3. The highest BCUT2D eigenvalue weighted by Gasteiger charge is 2.14. The summed E-state index contributed by atoms with van der Waals surface area (Å²) in [5.74, 6) is 3.25. The van der Waals surface area contributed by atoms with Gasteiger partial charge in [0.05, 0.1) is 0 Å². The van der Waals surface area contributed by atoms with Crippen molar-refractivity contribution >= 4 is 17.7 Å². The molecule has 4 nitrogen and oxygen atoms in total. The fourth-order valence-corrected chi connectivity index (χ4v) is 2.79. The number of aryl methyl sites for hydroxylation is 1. The van der Waals surface area contributed by atoms with E-state index in [1.807, 2.05) is 18.0 Å². The number of nitrogens with one attached hydrogen (secondary N) is 1. The minimum Gasteiger partial charge on any atom is -0.339 e. The molecule has 2 rings (SSSR count). The monoisotopic (exact) mass is 266 g/mol. The Morgan fingerprint density at radius 1 is 1.39 bits per heavy atom. The first kappa shape index (κ1) is 13.6. The summed E-state index contributed by atoms with van der Waals surface area (Å²) in [7, 11) is 0. The average molecular weight is 266 g/mol. The molecule has 0 spiro atoms. The molecule has 0 aromatic carbocycles. The highest BCUT2D eigenvalue weighted by Crippen LogP contribution is 2.16. The number of aromatic nitrogens is 2. The number of thioether (sulfide) groups is 1. The van der Waals surface area contributed by atoms with E-state index in [0.717, 1.165) is 31.3 Å². The third-order valence-corrected chi connectivity index (χ3v) is 4.01. The summed E-state index contributed by atoms with van der Waals surface area (Å²) < 4.78 is 0. The molecule has 18 heavy (non-hydrogen) atoms. The van der Waals surface area contributed by atoms with Crippen LogP contribution in [0, 0.1) is 6.92 Å². The second-order valence-electron chi connectivity index (χ2n) is 4.92. The van der Waals surface area contributed by atoms with Crippen molar-refractivity contribution < 1.29 is 0 Å². The van der Waals surface area contributed by atoms with Gasteiger partial charge in [-0.3, -0.25) is 0 Å². The lowest BCUT2D eigenvalue weighted by atomic mass is 10.2. The van der Waals surface area contributed by atoms with Gasteiger partial charge in [-0.25, -0.2) is 9.97 Å². The molecule has 100 valence electrons. The van der Waals surface area contributed by atoms with Crippen LogP contribution >= 0.6 is 11.8 Å². The van der Waals surface area contributed by atoms with Gasteiger partial charge in [-0.05, 0) is 6.92 Å². The van der Waals surface area contributed by atoms with Gasteiger partial charge in [0.1, 0.15) is 0 Å². The van der Waals surface area contributed by atoms with Gasteiger partial charge in [-0.2, -0.15) is 11.8 Å². The molecule has 5 heteroatoms. The first-order valence-electron chi connectivity index (χ1n) is 6.55. The molecule has 0 aliphatic carbocycles. The van der Waals surface area contributed by atoms with Crippen molar-refractivity contribution in [1.29, 1.82) is 0 Å². The summed E-state index contributed by atoms with van der Waals surface area (Å²) in [4.78, 5) is 11.4. The molecule has 0 saturated carbocycles. The van der Waals surface area contributed by atoms with E-state index in [9.17, 15) is 0 Å². The second kappa shape index (κ2) is 6.38. The minimum absolute atomic E-state index is 0.489. The molecule has 0 amide bonds. The molecule has 0 bridgehead atoms. The van der Waals surface area contributed by atoms with Crippen LogP contribution in [0.3, 0.4) is 0 Å². The molecule has 0 radical (unpaired) electrons. The molecule has 0 unspecified atom stereocenters. The van der Waals surface area contributed by atoms with Crippen LogP contribution in [-0.4, -0.2) is 40.6 Å². The summed E-state index contributed by atoms with van der Waals surface area (Å²) in [6.07, 6.45) is 1.97. The zero-order valence-electron chi connectivity index (χ0n) is 11.4.